The van der Waals surface area contributed by atoms with E-state index in [4.69, 9.17) is 24.4 Å². The number of benzene rings is 1. The molecule has 2 aromatic heterocycles. The number of anilines is 2. The Labute approximate surface area is 209 Å². The first kappa shape index (κ1) is 24.4. The van der Waals surface area contributed by atoms with Crippen LogP contribution in [-0.4, -0.2) is 76.7 Å². The number of aromatic nitrogens is 4. The van der Waals surface area contributed by atoms with Crippen molar-refractivity contribution in [3.8, 4) is 11.4 Å². The highest BCUT2D eigenvalue weighted by Crippen LogP contribution is 2.36. The zero-order chi connectivity index (χ0) is 25.1. The molecule has 0 bridgehead atoms. The lowest BCUT2D eigenvalue weighted by atomic mass is 9.93. The summed E-state index contributed by atoms with van der Waals surface area (Å²) in [6.07, 6.45) is 0.979. The Hall–Kier alpha value is -3.28. The Kier molecular flexibility index (Phi) is 7.04. The first-order valence-electron chi connectivity index (χ1n) is 12.6. The van der Waals surface area contributed by atoms with E-state index in [2.05, 4.69) is 15.5 Å². The monoisotopic (exact) mass is 495 g/mol. The van der Waals surface area contributed by atoms with Crippen LogP contribution in [0.25, 0.3) is 22.6 Å². The minimum atomic E-state index is -1.07. The maximum Gasteiger partial charge on any atom is 0.319 e. The normalized spacial score (nSPS) is 17.8. The van der Waals surface area contributed by atoms with Crippen LogP contribution >= 0.6 is 0 Å². The Bertz CT molecular complexity index is 1220. The fourth-order valence-electron chi connectivity index (χ4n) is 4.74. The lowest BCUT2D eigenvalue weighted by Crippen LogP contribution is -2.37. The molecule has 2 saturated heterocycles. The van der Waals surface area contributed by atoms with Crippen molar-refractivity contribution < 1.29 is 19.4 Å². The average molecular weight is 496 g/mol. The largest absolute Gasteiger partial charge is 0.382 e. The third kappa shape index (κ3) is 4.73. The Morgan fingerprint density at radius 3 is 2.39 bits per heavy atom. The van der Waals surface area contributed by atoms with Crippen molar-refractivity contribution in [2.24, 2.45) is 0 Å². The molecule has 0 aliphatic carbocycles. The molecule has 11 nitrogen and oxygen atoms in total. The van der Waals surface area contributed by atoms with Crippen molar-refractivity contribution in [3.05, 3.63) is 30.1 Å². The molecule has 192 valence electrons. The van der Waals surface area contributed by atoms with Crippen LogP contribution in [0.3, 0.4) is 0 Å². The first-order chi connectivity index (χ1) is 17.5. The molecule has 0 spiro atoms. The highest BCUT2D eigenvalue weighted by atomic mass is 16.5. The van der Waals surface area contributed by atoms with Gasteiger partial charge in [-0.15, -0.1) is 0 Å². The van der Waals surface area contributed by atoms with Gasteiger partial charge in [0.05, 0.1) is 13.2 Å². The summed E-state index contributed by atoms with van der Waals surface area (Å²) in [7, 11) is 0. The van der Waals surface area contributed by atoms with Gasteiger partial charge in [-0.2, -0.15) is 0 Å². The molecule has 2 aliphatic heterocycles. The van der Waals surface area contributed by atoms with Crippen molar-refractivity contribution in [1.82, 2.24) is 24.8 Å². The number of hydrogen-bond donors (Lipinski definition) is 3. The van der Waals surface area contributed by atoms with E-state index in [-0.39, 0.29) is 6.03 Å². The number of carbonyl (C=O) groups excluding carboxylic acids is 1. The SMILES string of the molecule is CCNC(=O)Nc1ccc(-c2nc(N3CCOCC3)c3nc(C4(O)CCOCC4)n(CC)c3n2)cc1. The van der Waals surface area contributed by atoms with Gasteiger partial charge in [-0.05, 0) is 38.1 Å². The quantitative estimate of drug-likeness (QED) is 0.476. The predicted octanol–water partition coefficient (Wildman–Crippen LogP) is 2.49. The first-order valence-corrected chi connectivity index (χ1v) is 12.6. The van der Waals surface area contributed by atoms with E-state index in [9.17, 15) is 9.90 Å². The van der Waals surface area contributed by atoms with Crippen LogP contribution in [-0.2, 0) is 21.6 Å². The van der Waals surface area contributed by atoms with Gasteiger partial charge < -0.3 is 34.7 Å². The predicted molar refractivity (Wildman–Crippen MR) is 136 cm³/mol. The van der Waals surface area contributed by atoms with Crippen molar-refractivity contribution >= 4 is 28.7 Å². The van der Waals surface area contributed by atoms with Crippen molar-refractivity contribution in [2.45, 2.75) is 38.8 Å². The summed E-state index contributed by atoms with van der Waals surface area (Å²) in [6.45, 7) is 8.69. The number of rotatable bonds is 6. The third-order valence-electron chi connectivity index (χ3n) is 6.68. The number of urea groups is 1. The van der Waals surface area contributed by atoms with E-state index < -0.39 is 5.60 Å². The van der Waals surface area contributed by atoms with Crippen molar-refractivity contribution in [1.29, 1.82) is 0 Å². The molecule has 2 aliphatic rings. The van der Waals surface area contributed by atoms with E-state index in [1.165, 1.54) is 0 Å². The maximum atomic E-state index is 11.9. The Morgan fingerprint density at radius 2 is 1.72 bits per heavy atom. The summed E-state index contributed by atoms with van der Waals surface area (Å²) in [5, 5.41) is 17.0. The summed E-state index contributed by atoms with van der Waals surface area (Å²) in [5.41, 5.74) is 1.82. The van der Waals surface area contributed by atoms with Gasteiger partial charge in [0, 0.05) is 63.5 Å². The van der Waals surface area contributed by atoms with Crippen LogP contribution < -0.4 is 15.5 Å². The van der Waals surface area contributed by atoms with Gasteiger partial charge in [0.15, 0.2) is 22.8 Å². The molecule has 11 heteroatoms. The molecular formula is C25H33N7O4. The number of fused-ring (bicyclic) bond motifs is 1. The number of imidazole rings is 1. The average Bonchev–Trinajstić information content (AvgIpc) is 3.29. The van der Waals surface area contributed by atoms with Gasteiger partial charge in [-0.25, -0.2) is 19.7 Å². The van der Waals surface area contributed by atoms with E-state index in [0.29, 0.717) is 93.9 Å². The number of ether oxygens (including phenoxy) is 2. The van der Waals surface area contributed by atoms with E-state index in [0.717, 1.165) is 11.4 Å². The summed E-state index contributed by atoms with van der Waals surface area (Å²) < 4.78 is 13.1. The van der Waals surface area contributed by atoms with Crippen LogP contribution in [0.15, 0.2) is 24.3 Å². The van der Waals surface area contributed by atoms with Gasteiger partial charge in [0.2, 0.25) is 0 Å². The molecule has 0 unspecified atom stereocenters. The van der Waals surface area contributed by atoms with E-state index in [1.54, 1.807) is 0 Å². The lowest BCUT2D eigenvalue weighted by molar-refractivity contribution is -0.0749. The van der Waals surface area contributed by atoms with Gasteiger partial charge in [0.25, 0.3) is 0 Å². The number of carbonyl (C=O) groups is 1. The van der Waals surface area contributed by atoms with Gasteiger partial charge in [0.1, 0.15) is 11.4 Å². The molecule has 5 rings (SSSR count). The van der Waals surface area contributed by atoms with Crippen LogP contribution in [0.5, 0.6) is 0 Å². The van der Waals surface area contributed by atoms with Gasteiger partial charge >= 0.3 is 6.03 Å². The fourth-order valence-corrected chi connectivity index (χ4v) is 4.74. The van der Waals surface area contributed by atoms with Crippen LogP contribution in [0.4, 0.5) is 16.3 Å². The molecule has 0 saturated carbocycles. The van der Waals surface area contributed by atoms with Crippen molar-refractivity contribution in [3.63, 3.8) is 0 Å². The molecule has 4 heterocycles. The lowest BCUT2D eigenvalue weighted by Gasteiger charge is -2.31. The number of nitrogens with zero attached hydrogens (tertiary/aromatic N) is 5. The summed E-state index contributed by atoms with van der Waals surface area (Å²) in [5.74, 6) is 1.92. The number of aliphatic hydroxyl groups is 1. The standard InChI is InChI=1S/C25H33N7O4/c1-3-26-24(33)27-18-7-5-17(6-8-18)20-29-21(31-11-15-36-16-12-31)19-22(30-20)32(4-2)23(28-19)25(34)9-13-35-14-10-25/h5-8,34H,3-4,9-16H2,1-2H3,(H2,26,27,33). The summed E-state index contributed by atoms with van der Waals surface area (Å²) in [6, 6.07) is 7.21. The highest BCUT2D eigenvalue weighted by Gasteiger charge is 2.38. The minimum Gasteiger partial charge on any atom is -0.382 e. The number of amides is 2. The molecule has 2 amide bonds. The van der Waals surface area contributed by atoms with E-state index in [1.807, 2.05) is 42.7 Å². The van der Waals surface area contributed by atoms with Crippen LogP contribution in [0.1, 0.15) is 32.5 Å². The Balaban J connectivity index is 1.59. The van der Waals surface area contributed by atoms with Crippen LogP contribution in [0, 0.1) is 0 Å². The number of morpholine rings is 1. The molecule has 0 radical (unpaired) electrons. The molecule has 3 N–H and O–H groups in total. The summed E-state index contributed by atoms with van der Waals surface area (Å²) in [4.78, 5) is 28.9. The second kappa shape index (κ2) is 10.4. The van der Waals surface area contributed by atoms with Gasteiger partial charge in [-0.3, -0.25) is 0 Å². The molecule has 3 aromatic rings. The molecule has 36 heavy (non-hydrogen) atoms. The molecule has 0 atom stereocenters. The maximum absolute atomic E-state index is 11.9. The fraction of sp³-hybridized carbons (Fsp3) is 0.520. The van der Waals surface area contributed by atoms with Gasteiger partial charge in [-0.1, -0.05) is 0 Å². The molecule has 2 fully saturated rings. The Morgan fingerprint density at radius 1 is 1.03 bits per heavy atom. The topological polar surface area (TPSA) is 127 Å². The molecule has 1 aromatic carbocycles. The second-order valence-electron chi connectivity index (χ2n) is 9.03. The zero-order valence-corrected chi connectivity index (χ0v) is 20.8. The third-order valence-corrected chi connectivity index (χ3v) is 6.68. The minimum absolute atomic E-state index is 0.247. The van der Waals surface area contributed by atoms with Crippen LogP contribution in [0.2, 0.25) is 0 Å². The van der Waals surface area contributed by atoms with Crippen molar-refractivity contribution in [2.75, 3.05) is 56.3 Å². The highest BCUT2D eigenvalue weighted by molar-refractivity contribution is 5.90. The number of aryl methyl sites for hydroxylation is 1. The molecular weight excluding hydrogens is 462 g/mol. The second-order valence-corrected chi connectivity index (χ2v) is 9.03. The van der Waals surface area contributed by atoms with E-state index >= 15 is 0 Å². The smallest absolute Gasteiger partial charge is 0.319 e. The summed E-state index contributed by atoms with van der Waals surface area (Å²) >= 11 is 0. The number of nitrogens with one attached hydrogen (secondary N) is 2. The zero-order valence-electron chi connectivity index (χ0n) is 20.8. The number of hydrogen-bond acceptors (Lipinski definition) is 8.